The molecule has 2 N–H and O–H groups in total. The third kappa shape index (κ3) is 3.61. The van der Waals surface area contributed by atoms with Gasteiger partial charge in [-0.1, -0.05) is 31.2 Å². The second-order valence-electron chi connectivity index (χ2n) is 5.33. The molecule has 0 saturated heterocycles. The molecule has 106 valence electrons. The topological polar surface area (TPSA) is 35.2 Å². The van der Waals surface area contributed by atoms with Crippen molar-refractivity contribution in [2.45, 2.75) is 39.7 Å². The number of aryl methyl sites for hydroxylation is 2. The zero-order valence-corrected chi connectivity index (χ0v) is 12.5. The molecule has 0 bridgehead atoms. The molecule has 1 unspecified atom stereocenters. The van der Waals surface area contributed by atoms with Crippen molar-refractivity contribution in [3.8, 4) is 11.5 Å². The first kappa shape index (κ1) is 14.6. The maximum atomic E-state index is 6.06. The van der Waals surface area contributed by atoms with Crippen LogP contribution in [0.1, 0.15) is 30.0 Å². The van der Waals surface area contributed by atoms with Crippen LogP contribution in [-0.2, 0) is 6.42 Å². The molecule has 0 amide bonds. The van der Waals surface area contributed by atoms with Crippen molar-refractivity contribution in [2.75, 3.05) is 0 Å². The summed E-state index contributed by atoms with van der Waals surface area (Å²) in [6.07, 6.45) is 1.81. The molecule has 0 radical (unpaired) electrons. The molecule has 2 heteroatoms. The SMILES string of the molecule is CCC(N)Cc1ccccc1Oc1ccc(C)c(C)c1. The minimum atomic E-state index is 0.180. The number of nitrogens with two attached hydrogens (primary N) is 1. The molecular weight excluding hydrogens is 246 g/mol. The molecule has 2 rings (SSSR count). The number of hydrogen-bond donors (Lipinski definition) is 1. The van der Waals surface area contributed by atoms with Gasteiger partial charge < -0.3 is 10.5 Å². The van der Waals surface area contributed by atoms with Gasteiger partial charge in [0.2, 0.25) is 0 Å². The highest BCUT2D eigenvalue weighted by molar-refractivity contribution is 5.40. The van der Waals surface area contributed by atoms with Crippen LogP contribution in [0.4, 0.5) is 0 Å². The summed E-state index contributed by atoms with van der Waals surface area (Å²) in [5.74, 6) is 1.78. The number of para-hydroxylation sites is 1. The van der Waals surface area contributed by atoms with E-state index in [-0.39, 0.29) is 6.04 Å². The fourth-order valence-electron chi connectivity index (χ4n) is 2.10. The van der Waals surface area contributed by atoms with Crippen LogP contribution in [0.15, 0.2) is 42.5 Å². The van der Waals surface area contributed by atoms with E-state index in [9.17, 15) is 0 Å². The Morgan fingerprint density at radius 2 is 1.80 bits per heavy atom. The Kier molecular flexibility index (Phi) is 4.80. The quantitative estimate of drug-likeness (QED) is 0.874. The zero-order valence-electron chi connectivity index (χ0n) is 12.5. The summed E-state index contributed by atoms with van der Waals surface area (Å²) in [7, 11) is 0. The predicted octanol–water partition coefficient (Wildman–Crippen LogP) is 4.38. The monoisotopic (exact) mass is 269 g/mol. The van der Waals surface area contributed by atoms with E-state index in [0.717, 1.165) is 24.3 Å². The Labute approximate surface area is 121 Å². The molecule has 0 aromatic heterocycles. The summed E-state index contributed by atoms with van der Waals surface area (Å²) in [4.78, 5) is 0. The molecule has 2 nitrogen and oxygen atoms in total. The van der Waals surface area contributed by atoms with Crippen LogP contribution in [0.3, 0.4) is 0 Å². The lowest BCUT2D eigenvalue weighted by Crippen LogP contribution is -2.21. The summed E-state index contributed by atoms with van der Waals surface area (Å²) in [5, 5.41) is 0. The van der Waals surface area contributed by atoms with Gasteiger partial charge in [0.25, 0.3) is 0 Å². The Balaban J connectivity index is 2.22. The maximum absolute atomic E-state index is 6.06. The largest absolute Gasteiger partial charge is 0.457 e. The van der Waals surface area contributed by atoms with Gasteiger partial charge >= 0.3 is 0 Å². The van der Waals surface area contributed by atoms with Gasteiger partial charge in [0.15, 0.2) is 0 Å². The maximum Gasteiger partial charge on any atom is 0.130 e. The number of hydrogen-bond acceptors (Lipinski definition) is 2. The molecule has 2 aromatic carbocycles. The van der Waals surface area contributed by atoms with Gasteiger partial charge in [-0.25, -0.2) is 0 Å². The van der Waals surface area contributed by atoms with Crippen molar-refractivity contribution in [2.24, 2.45) is 5.73 Å². The van der Waals surface area contributed by atoms with Crippen LogP contribution in [0, 0.1) is 13.8 Å². The third-order valence-corrected chi connectivity index (χ3v) is 3.69. The van der Waals surface area contributed by atoms with E-state index >= 15 is 0 Å². The van der Waals surface area contributed by atoms with E-state index in [4.69, 9.17) is 10.5 Å². The van der Waals surface area contributed by atoms with E-state index in [0.29, 0.717) is 0 Å². The molecule has 0 heterocycles. The third-order valence-electron chi connectivity index (χ3n) is 3.69. The summed E-state index contributed by atoms with van der Waals surface area (Å²) in [6.45, 7) is 6.31. The summed E-state index contributed by atoms with van der Waals surface area (Å²) in [5.41, 5.74) is 9.74. The molecular formula is C18H23NO. The second-order valence-corrected chi connectivity index (χ2v) is 5.33. The van der Waals surface area contributed by atoms with Crippen LogP contribution in [0.5, 0.6) is 11.5 Å². The first-order valence-corrected chi connectivity index (χ1v) is 7.18. The molecule has 0 spiro atoms. The molecule has 2 aromatic rings. The van der Waals surface area contributed by atoms with Crippen LogP contribution < -0.4 is 10.5 Å². The highest BCUT2D eigenvalue weighted by atomic mass is 16.5. The van der Waals surface area contributed by atoms with Gasteiger partial charge in [0.05, 0.1) is 0 Å². The number of benzene rings is 2. The molecule has 20 heavy (non-hydrogen) atoms. The first-order chi connectivity index (χ1) is 9.60. The Morgan fingerprint density at radius 3 is 2.50 bits per heavy atom. The smallest absolute Gasteiger partial charge is 0.130 e. The number of rotatable bonds is 5. The predicted molar refractivity (Wildman–Crippen MR) is 84.4 cm³/mol. The van der Waals surface area contributed by atoms with Crippen LogP contribution in [0.25, 0.3) is 0 Å². The molecule has 0 aliphatic heterocycles. The summed E-state index contributed by atoms with van der Waals surface area (Å²) in [6, 6.07) is 14.5. The Bertz CT molecular complexity index is 577. The number of ether oxygens (including phenoxy) is 1. The zero-order chi connectivity index (χ0) is 14.5. The lowest BCUT2D eigenvalue weighted by Gasteiger charge is -2.14. The van der Waals surface area contributed by atoms with E-state index in [1.165, 1.54) is 16.7 Å². The van der Waals surface area contributed by atoms with Crippen molar-refractivity contribution in [1.82, 2.24) is 0 Å². The lowest BCUT2D eigenvalue weighted by molar-refractivity contribution is 0.471. The molecule has 0 aliphatic carbocycles. The second kappa shape index (κ2) is 6.58. The van der Waals surface area contributed by atoms with Crippen molar-refractivity contribution in [3.63, 3.8) is 0 Å². The van der Waals surface area contributed by atoms with E-state index < -0.39 is 0 Å². The highest BCUT2D eigenvalue weighted by Crippen LogP contribution is 2.27. The van der Waals surface area contributed by atoms with Crippen molar-refractivity contribution in [3.05, 3.63) is 59.2 Å². The lowest BCUT2D eigenvalue weighted by atomic mass is 10.0. The van der Waals surface area contributed by atoms with Crippen molar-refractivity contribution in [1.29, 1.82) is 0 Å². The van der Waals surface area contributed by atoms with Crippen molar-refractivity contribution >= 4 is 0 Å². The summed E-state index contributed by atoms with van der Waals surface area (Å²) >= 11 is 0. The van der Waals surface area contributed by atoms with Crippen LogP contribution in [-0.4, -0.2) is 6.04 Å². The van der Waals surface area contributed by atoms with Gasteiger partial charge in [0, 0.05) is 6.04 Å². The Hall–Kier alpha value is -1.80. The minimum Gasteiger partial charge on any atom is -0.457 e. The fourth-order valence-corrected chi connectivity index (χ4v) is 2.10. The van der Waals surface area contributed by atoms with Gasteiger partial charge in [0.1, 0.15) is 11.5 Å². The van der Waals surface area contributed by atoms with Crippen LogP contribution in [0.2, 0.25) is 0 Å². The van der Waals surface area contributed by atoms with E-state index in [2.05, 4.69) is 39.0 Å². The van der Waals surface area contributed by atoms with Gasteiger partial charge in [-0.05, 0) is 61.6 Å². The molecule has 0 fully saturated rings. The molecule has 0 aliphatic rings. The standard InChI is InChI=1S/C18H23NO/c1-4-16(19)12-15-7-5-6-8-18(15)20-17-10-9-13(2)14(3)11-17/h5-11,16H,4,12,19H2,1-3H3. The van der Waals surface area contributed by atoms with Gasteiger partial charge in [-0.2, -0.15) is 0 Å². The van der Waals surface area contributed by atoms with Crippen molar-refractivity contribution < 1.29 is 4.74 Å². The van der Waals surface area contributed by atoms with Crippen LogP contribution >= 0.6 is 0 Å². The van der Waals surface area contributed by atoms with Gasteiger partial charge in [-0.3, -0.25) is 0 Å². The normalized spacial score (nSPS) is 12.2. The van der Waals surface area contributed by atoms with Gasteiger partial charge in [-0.15, -0.1) is 0 Å². The fraction of sp³-hybridized carbons (Fsp3) is 0.333. The minimum absolute atomic E-state index is 0.180. The highest BCUT2D eigenvalue weighted by Gasteiger charge is 2.08. The van der Waals surface area contributed by atoms with E-state index in [1.807, 2.05) is 24.3 Å². The first-order valence-electron chi connectivity index (χ1n) is 7.18. The summed E-state index contributed by atoms with van der Waals surface area (Å²) < 4.78 is 6.04. The average Bonchev–Trinajstić information content (AvgIpc) is 2.45. The molecule has 1 atom stereocenters. The van der Waals surface area contributed by atoms with E-state index in [1.54, 1.807) is 0 Å². The average molecular weight is 269 g/mol. The molecule has 0 saturated carbocycles. The Morgan fingerprint density at radius 1 is 1.05 bits per heavy atom.